The highest BCUT2D eigenvalue weighted by atomic mass is 79.9. The fourth-order valence-corrected chi connectivity index (χ4v) is 3.36. The lowest BCUT2D eigenvalue weighted by atomic mass is 9.89. The van der Waals surface area contributed by atoms with Crippen LogP contribution in [0.1, 0.15) is 30.9 Å². The minimum atomic E-state index is 0.276. The summed E-state index contributed by atoms with van der Waals surface area (Å²) in [6, 6.07) is 4.66. The maximum atomic E-state index is 6.11. The quantitative estimate of drug-likeness (QED) is 0.930. The van der Waals surface area contributed by atoms with Crippen LogP contribution >= 0.6 is 15.9 Å². The molecule has 0 aromatic heterocycles. The molecule has 2 N–H and O–H groups in total. The Hall–Kier alpha value is -0.540. The van der Waals surface area contributed by atoms with E-state index in [1.165, 1.54) is 24.0 Å². The van der Waals surface area contributed by atoms with Crippen molar-refractivity contribution >= 4 is 15.9 Å². The smallest absolute Gasteiger partial charge is 0.125 e. The summed E-state index contributed by atoms with van der Waals surface area (Å²) < 4.78 is 6.94. The van der Waals surface area contributed by atoms with Gasteiger partial charge in [-0.15, -0.1) is 0 Å². The van der Waals surface area contributed by atoms with E-state index in [9.17, 15) is 0 Å². The highest BCUT2D eigenvalue weighted by Crippen LogP contribution is 2.52. The van der Waals surface area contributed by atoms with Crippen LogP contribution in [0.3, 0.4) is 0 Å². The second kappa shape index (κ2) is 3.99. The van der Waals surface area contributed by atoms with Crippen LogP contribution in [0.25, 0.3) is 0 Å². The van der Waals surface area contributed by atoms with Gasteiger partial charge < -0.3 is 10.5 Å². The van der Waals surface area contributed by atoms with E-state index in [1.807, 2.05) is 0 Å². The van der Waals surface area contributed by atoms with Gasteiger partial charge in [0, 0.05) is 16.9 Å². The van der Waals surface area contributed by atoms with Gasteiger partial charge in [0.25, 0.3) is 0 Å². The molecule has 0 spiro atoms. The summed E-state index contributed by atoms with van der Waals surface area (Å²) in [5, 5.41) is 0. The maximum Gasteiger partial charge on any atom is 0.125 e. The number of ether oxygens (including phenoxy) is 1. The van der Waals surface area contributed by atoms with Crippen molar-refractivity contribution in [3.8, 4) is 5.75 Å². The van der Waals surface area contributed by atoms with Crippen LogP contribution in [0.4, 0.5) is 0 Å². The van der Waals surface area contributed by atoms with Gasteiger partial charge in [-0.2, -0.15) is 0 Å². The standard InChI is InChI=1S/C14H18BrNO/c1-9(16)14(3-4-14)8-11-7-12(15)6-10-2-5-17-13(10)11/h6-7,9H,2-5,8,16H2,1H3. The first kappa shape index (κ1) is 11.5. The molecule has 1 aliphatic carbocycles. The van der Waals surface area contributed by atoms with E-state index in [-0.39, 0.29) is 6.04 Å². The average molecular weight is 296 g/mol. The van der Waals surface area contributed by atoms with Crippen molar-refractivity contribution in [1.82, 2.24) is 0 Å². The number of hydrogen-bond donors (Lipinski definition) is 1. The number of halogens is 1. The molecule has 17 heavy (non-hydrogen) atoms. The molecule has 1 aliphatic heterocycles. The predicted octanol–water partition coefficient (Wildman–Crippen LogP) is 3.05. The number of hydrogen-bond acceptors (Lipinski definition) is 2. The maximum absolute atomic E-state index is 6.11. The molecule has 0 radical (unpaired) electrons. The molecular formula is C14H18BrNO. The monoisotopic (exact) mass is 295 g/mol. The van der Waals surface area contributed by atoms with Gasteiger partial charge >= 0.3 is 0 Å². The highest BCUT2D eigenvalue weighted by Gasteiger charge is 2.46. The van der Waals surface area contributed by atoms with Crippen molar-refractivity contribution in [1.29, 1.82) is 0 Å². The van der Waals surface area contributed by atoms with E-state index in [4.69, 9.17) is 10.5 Å². The first-order valence-electron chi connectivity index (χ1n) is 6.30. The molecule has 0 bridgehead atoms. The SMILES string of the molecule is CC(N)C1(Cc2cc(Br)cc3c2OCC3)CC1. The van der Waals surface area contributed by atoms with Crippen LogP contribution in [0, 0.1) is 5.41 Å². The second-order valence-electron chi connectivity index (χ2n) is 5.48. The largest absolute Gasteiger partial charge is 0.493 e. The summed E-state index contributed by atoms with van der Waals surface area (Å²) in [4.78, 5) is 0. The van der Waals surface area contributed by atoms with Crippen molar-refractivity contribution < 1.29 is 4.74 Å². The van der Waals surface area contributed by atoms with Crippen molar-refractivity contribution in [3.63, 3.8) is 0 Å². The van der Waals surface area contributed by atoms with Crippen LogP contribution in [-0.4, -0.2) is 12.6 Å². The first-order chi connectivity index (χ1) is 8.11. The van der Waals surface area contributed by atoms with Gasteiger partial charge in [-0.25, -0.2) is 0 Å². The van der Waals surface area contributed by atoms with Gasteiger partial charge in [-0.05, 0) is 54.9 Å². The van der Waals surface area contributed by atoms with Gasteiger partial charge in [0.2, 0.25) is 0 Å². The Kier molecular flexibility index (Phi) is 2.71. The summed E-state index contributed by atoms with van der Waals surface area (Å²) in [6.45, 7) is 2.95. The fraction of sp³-hybridized carbons (Fsp3) is 0.571. The Bertz CT molecular complexity index is 452. The lowest BCUT2D eigenvalue weighted by Gasteiger charge is -2.21. The minimum absolute atomic E-state index is 0.276. The number of fused-ring (bicyclic) bond motifs is 1. The number of benzene rings is 1. The van der Waals surface area contributed by atoms with E-state index < -0.39 is 0 Å². The zero-order chi connectivity index (χ0) is 12.0. The number of rotatable bonds is 3. The second-order valence-corrected chi connectivity index (χ2v) is 6.40. The summed E-state index contributed by atoms with van der Waals surface area (Å²) in [6.07, 6.45) is 4.61. The molecule has 2 aliphatic rings. The summed E-state index contributed by atoms with van der Waals surface area (Å²) >= 11 is 3.59. The zero-order valence-corrected chi connectivity index (χ0v) is 11.7. The van der Waals surface area contributed by atoms with E-state index in [2.05, 4.69) is 35.0 Å². The van der Waals surface area contributed by atoms with Crippen LogP contribution in [0.2, 0.25) is 0 Å². The molecule has 2 nitrogen and oxygen atoms in total. The van der Waals surface area contributed by atoms with E-state index >= 15 is 0 Å². The molecule has 1 aromatic carbocycles. The Morgan fingerprint density at radius 1 is 1.47 bits per heavy atom. The van der Waals surface area contributed by atoms with Crippen molar-refractivity contribution in [2.75, 3.05) is 6.61 Å². The fourth-order valence-electron chi connectivity index (χ4n) is 2.81. The third-order valence-corrected chi connectivity index (χ3v) is 4.68. The summed E-state index contributed by atoms with van der Waals surface area (Å²) in [5.74, 6) is 1.13. The lowest BCUT2D eigenvalue weighted by molar-refractivity contribution is 0.345. The van der Waals surface area contributed by atoms with E-state index in [0.717, 1.165) is 29.7 Å². The molecule has 1 aromatic rings. The van der Waals surface area contributed by atoms with Gasteiger partial charge in [0.15, 0.2) is 0 Å². The summed E-state index contributed by atoms with van der Waals surface area (Å²) in [5.41, 5.74) is 9.12. The molecule has 1 unspecified atom stereocenters. The van der Waals surface area contributed by atoms with Crippen molar-refractivity contribution in [2.45, 2.75) is 38.6 Å². The lowest BCUT2D eigenvalue weighted by Crippen LogP contribution is -2.29. The normalized spacial score (nSPS) is 21.8. The minimum Gasteiger partial charge on any atom is -0.493 e. The van der Waals surface area contributed by atoms with Crippen molar-refractivity contribution in [2.24, 2.45) is 11.1 Å². The molecular weight excluding hydrogens is 278 g/mol. The van der Waals surface area contributed by atoms with Crippen LogP contribution in [-0.2, 0) is 12.8 Å². The number of nitrogens with two attached hydrogens (primary N) is 1. The first-order valence-corrected chi connectivity index (χ1v) is 7.10. The molecule has 0 amide bonds. The molecule has 3 heteroatoms. The molecule has 1 atom stereocenters. The van der Waals surface area contributed by atoms with Crippen molar-refractivity contribution in [3.05, 3.63) is 27.7 Å². The Morgan fingerprint density at radius 3 is 2.88 bits per heavy atom. The third kappa shape index (κ3) is 2.00. The third-order valence-electron chi connectivity index (χ3n) is 4.23. The topological polar surface area (TPSA) is 35.2 Å². The highest BCUT2D eigenvalue weighted by molar-refractivity contribution is 9.10. The Labute approximate surface area is 111 Å². The van der Waals surface area contributed by atoms with Crippen LogP contribution < -0.4 is 10.5 Å². The molecule has 3 rings (SSSR count). The zero-order valence-electron chi connectivity index (χ0n) is 10.1. The molecule has 0 saturated heterocycles. The Morgan fingerprint density at radius 2 is 2.24 bits per heavy atom. The average Bonchev–Trinajstić information content (AvgIpc) is 2.88. The molecule has 1 fully saturated rings. The van der Waals surface area contributed by atoms with Gasteiger partial charge in [0.05, 0.1) is 6.61 Å². The Balaban J connectivity index is 1.93. The van der Waals surface area contributed by atoms with Gasteiger partial charge in [-0.1, -0.05) is 15.9 Å². The molecule has 92 valence electrons. The van der Waals surface area contributed by atoms with Gasteiger partial charge in [-0.3, -0.25) is 0 Å². The summed E-state index contributed by atoms with van der Waals surface area (Å²) in [7, 11) is 0. The van der Waals surface area contributed by atoms with E-state index in [1.54, 1.807) is 0 Å². The van der Waals surface area contributed by atoms with E-state index in [0.29, 0.717) is 5.41 Å². The van der Waals surface area contributed by atoms with Crippen LogP contribution in [0.15, 0.2) is 16.6 Å². The van der Waals surface area contributed by atoms with Gasteiger partial charge in [0.1, 0.15) is 5.75 Å². The molecule has 1 saturated carbocycles. The predicted molar refractivity (Wildman–Crippen MR) is 72.4 cm³/mol. The van der Waals surface area contributed by atoms with Crippen LogP contribution in [0.5, 0.6) is 5.75 Å². The molecule has 1 heterocycles.